The van der Waals surface area contributed by atoms with Gasteiger partial charge >= 0.3 is 12.0 Å². The number of nitrogens with one attached hydrogen (secondary N) is 2. The smallest absolute Gasteiger partial charge is 0.315 e. The van der Waals surface area contributed by atoms with Crippen molar-refractivity contribution < 1.29 is 14.7 Å². The molecule has 1 atom stereocenters. The lowest BCUT2D eigenvalue weighted by molar-refractivity contribution is -0.146. The molecule has 0 aromatic rings. The fourth-order valence-corrected chi connectivity index (χ4v) is 1.34. The number of aliphatic carboxylic acids is 1. The van der Waals surface area contributed by atoms with Crippen molar-refractivity contribution in [2.24, 2.45) is 11.3 Å². The van der Waals surface area contributed by atoms with Gasteiger partial charge in [-0.1, -0.05) is 20.8 Å². The van der Waals surface area contributed by atoms with Crippen molar-refractivity contribution in [3.8, 4) is 0 Å². The molecule has 17 heavy (non-hydrogen) atoms. The van der Waals surface area contributed by atoms with Gasteiger partial charge in [-0.25, -0.2) is 4.79 Å². The van der Waals surface area contributed by atoms with E-state index in [1.54, 1.807) is 13.8 Å². The number of hydrogen-bond donors (Lipinski definition) is 3. The molecule has 0 aliphatic rings. The average Bonchev–Trinajstić information content (AvgIpc) is 2.22. The van der Waals surface area contributed by atoms with E-state index in [-0.39, 0.29) is 18.6 Å². The Morgan fingerprint density at radius 2 is 1.82 bits per heavy atom. The Bertz CT molecular complexity index is 275. The molecule has 0 aliphatic carbocycles. The van der Waals surface area contributed by atoms with Gasteiger partial charge in [0.1, 0.15) is 0 Å². The molecule has 5 nitrogen and oxygen atoms in total. The van der Waals surface area contributed by atoms with Crippen LogP contribution in [0.3, 0.4) is 0 Å². The minimum atomic E-state index is -0.948. The molecule has 0 radical (unpaired) electrons. The van der Waals surface area contributed by atoms with E-state index in [1.807, 2.05) is 20.8 Å². The summed E-state index contributed by atoms with van der Waals surface area (Å²) in [6.45, 7) is 9.35. The molecule has 0 bridgehead atoms. The van der Waals surface area contributed by atoms with Gasteiger partial charge in [0.15, 0.2) is 0 Å². The van der Waals surface area contributed by atoms with Gasteiger partial charge < -0.3 is 15.7 Å². The molecule has 0 saturated heterocycles. The van der Waals surface area contributed by atoms with Crippen LogP contribution in [0.15, 0.2) is 0 Å². The summed E-state index contributed by atoms with van der Waals surface area (Å²) in [5.74, 6) is -0.563. The third kappa shape index (κ3) is 5.56. The summed E-state index contributed by atoms with van der Waals surface area (Å²) in [5, 5.41) is 14.3. The second kappa shape index (κ2) is 6.47. The first kappa shape index (κ1) is 15.7. The second-order valence-electron chi connectivity index (χ2n) is 5.27. The molecule has 0 fully saturated rings. The predicted octanol–water partition coefficient (Wildman–Crippen LogP) is 1.83. The molecule has 0 rings (SSSR count). The zero-order chi connectivity index (χ0) is 13.6. The van der Waals surface area contributed by atoms with E-state index in [2.05, 4.69) is 10.6 Å². The number of carbonyl (C=O) groups is 2. The van der Waals surface area contributed by atoms with E-state index >= 15 is 0 Å². The highest BCUT2D eigenvalue weighted by Crippen LogP contribution is 2.13. The predicted molar refractivity (Wildman–Crippen MR) is 66.9 cm³/mol. The summed E-state index contributed by atoms with van der Waals surface area (Å²) >= 11 is 0. The van der Waals surface area contributed by atoms with Crippen LogP contribution in [-0.4, -0.2) is 29.7 Å². The summed E-state index contributed by atoms with van der Waals surface area (Å²) in [6.07, 6.45) is 0.855. The van der Waals surface area contributed by atoms with Crippen LogP contribution in [0.25, 0.3) is 0 Å². The van der Waals surface area contributed by atoms with Crippen LogP contribution in [0.5, 0.6) is 0 Å². The molecule has 0 aromatic heterocycles. The number of rotatable bonds is 6. The first-order valence-electron chi connectivity index (χ1n) is 5.98. The maximum atomic E-state index is 11.6. The van der Waals surface area contributed by atoms with Crippen LogP contribution in [-0.2, 0) is 4.79 Å². The van der Waals surface area contributed by atoms with Crippen molar-refractivity contribution in [3.05, 3.63) is 0 Å². The van der Waals surface area contributed by atoms with Crippen LogP contribution in [0, 0.1) is 11.3 Å². The van der Waals surface area contributed by atoms with Crippen molar-refractivity contribution in [3.63, 3.8) is 0 Å². The number of hydrogen-bond acceptors (Lipinski definition) is 2. The van der Waals surface area contributed by atoms with E-state index < -0.39 is 11.4 Å². The van der Waals surface area contributed by atoms with Crippen molar-refractivity contribution in [1.29, 1.82) is 0 Å². The fourth-order valence-electron chi connectivity index (χ4n) is 1.34. The Morgan fingerprint density at radius 3 is 2.18 bits per heavy atom. The summed E-state index contributed by atoms with van der Waals surface area (Å²) < 4.78 is 0. The number of carboxylic acid groups (broad SMARTS) is 1. The lowest BCUT2D eigenvalue weighted by atomic mass is 9.94. The maximum Gasteiger partial charge on any atom is 0.315 e. The molecule has 3 N–H and O–H groups in total. The molecular weight excluding hydrogens is 220 g/mol. The Kier molecular flexibility index (Phi) is 5.99. The summed E-state index contributed by atoms with van der Waals surface area (Å²) in [7, 11) is 0. The monoisotopic (exact) mass is 244 g/mol. The highest BCUT2D eigenvalue weighted by Gasteiger charge is 2.27. The fraction of sp³-hybridized carbons (Fsp3) is 0.833. The largest absolute Gasteiger partial charge is 0.481 e. The van der Waals surface area contributed by atoms with Gasteiger partial charge in [0.05, 0.1) is 5.41 Å². The minimum Gasteiger partial charge on any atom is -0.481 e. The molecular formula is C12H24N2O3. The summed E-state index contributed by atoms with van der Waals surface area (Å²) in [4.78, 5) is 22.4. The zero-order valence-electron chi connectivity index (χ0n) is 11.3. The molecule has 100 valence electrons. The molecule has 0 aromatic carbocycles. The molecule has 0 aliphatic heterocycles. The van der Waals surface area contributed by atoms with Gasteiger partial charge in [0.25, 0.3) is 0 Å². The van der Waals surface area contributed by atoms with E-state index in [1.165, 1.54) is 0 Å². The van der Waals surface area contributed by atoms with E-state index in [4.69, 9.17) is 5.11 Å². The first-order chi connectivity index (χ1) is 7.70. The Hall–Kier alpha value is -1.26. The topological polar surface area (TPSA) is 78.4 Å². The van der Waals surface area contributed by atoms with E-state index in [0.29, 0.717) is 5.92 Å². The van der Waals surface area contributed by atoms with Crippen molar-refractivity contribution in [2.75, 3.05) is 6.54 Å². The van der Waals surface area contributed by atoms with Crippen molar-refractivity contribution in [2.45, 2.75) is 47.1 Å². The summed E-state index contributed by atoms with van der Waals surface area (Å²) in [6, 6.07) is -0.192. The zero-order valence-corrected chi connectivity index (χ0v) is 11.3. The highest BCUT2D eigenvalue weighted by molar-refractivity contribution is 5.77. The maximum absolute atomic E-state index is 11.6. The lowest BCUT2D eigenvalue weighted by Gasteiger charge is -2.23. The standard InChI is InChI=1S/C12H24N2O3/c1-6-9(8(2)3)14-11(17)13-7-12(4,5)10(15)16/h8-9H,6-7H2,1-5H3,(H,15,16)(H2,13,14,17). The van der Waals surface area contributed by atoms with Crippen molar-refractivity contribution >= 4 is 12.0 Å². The van der Waals surface area contributed by atoms with Crippen LogP contribution in [0.2, 0.25) is 0 Å². The molecule has 0 saturated carbocycles. The van der Waals surface area contributed by atoms with Gasteiger partial charge in [-0.2, -0.15) is 0 Å². The molecule has 0 heterocycles. The number of carbonyl (C=O) groups excluding carboxylic acids is 1. The van der Waals surface area contributed by atoms with Crippen LogP contribution >= 0.6 is 0 Å². The van der Waals surface area contributed by atoms with Gasteiger partial charge in [0.2, 0.25) is 0 Å². The minimum absolute atomic E-state index is 0.114. The van der Waals surface area contributed by atoms with Crippen molar-refractivity contribution in [1.82, 2.24) is 10.6 Å². The first-order valence-corrected chi connectivity index (χ1v) is 5.98. The number of carboxylic acids is 1. The van der Waals surface area contributed by atoms with Gasteiger partial charge in [0, 0.05) is 12.6 Å². The summed E-state index contributed by atoms with van der Waals surface area (Å²) in [5.41, 5.74) is -0.948. The molecule has 2 amide bonds. The quantitative estimate of drug-likeness (QED) is 0.667. The molecule has 1 unspecified atom stereocenters. The SMILES string of the molecule is CCC(NC(=O)NCC(C)(C)C(=O)O)C(C)C. The molecule has 0 spiro atoms. The molecule has 5 heteroatoms. The normalized spacial score (nSPS) is 13.3. The van der Waals surface area contributed by atoms with Crippen LogP contribution in [0.4, 0.5) is 4.79 Å². The van der Waals surface area contributed by atoms with Crippen LogP contribution < -0.4 is 10.6 Å². The third-order valence-corrected chi connectivity index (χ3v) is 2.83. The third-order valence-electron chi connectivity index (χ3n) is 2.83. The van der Waals surface area contributed by atoms with Gasteiger partial charge in [-0.3, -0.25) is 4.79 Å². The Labute approximate surface area is 103 Å². The lowest BCUT2D eigenvalue weighted by Crippen LogP contribution is -2.47. The van der Waals surface area contributed by atoms with E-state index in [0.717, 1.165) is 6.42 Å². The second-order valence-corrected chi connectivity index (χ2v) is 5.27. The van der Waals surface area contributed by atoms with Crippen LogP contribution in [0.1, 0.15) is 41.0 Å². The average molecular weight is 244 g/mol. The van der Waals surface area contributed by atoms with E-state index in [9.17, 15) is 9.59 Å². The Morgan fingerprint density at radius 1 is 1.29 bits per heavy atom. The van der Waals surface area contributed by atoms with Gasteiger partial charge in [-0.05, 0) is 26.2 Å². The highest BCUT2D eigenvalue weighted by atomic mass is 16.4. The number of amides is 2. The number of urea groups is 1. The Balaban J connectivity index is 4.16. The van der Waals surface area contributed by atoms with Gasteiger partial charge in [-0.15, -0.1) is 0 Å².